The first-order valence-electron chi connectivity index (χ1n) is 9.25. The van der Waals surface area contributed by atoms with E-state index in [9.17, 15) is 15.0 Å². The number of ketones is 1. The smallest absolute Gasteiger partial charge is 0.139 e. The quantitative estimate of drug-likeness (QED) is 0.723. The average Bonchev–Trinajstić information content (AvgIpc) is 2.75. The number of aliphatic hydroxyl groups is 2. The van der Waals surface area contributed by atoms with Crippen LogP contribution in [0.25, 0.3) is 0 Å². The van der Waals surface area contributed by atoms with Gasteiger partial charge in [0, 0.05) is 11.8 Å². The third-order valence-electron chi connectivity index (χ3n) is 8.28. The number of carbonyl (C=O) groups excluding carboxylic acids is 1. The van der Waals surface area contributed by atoms with Gasteiger partial charge in [-0.25, -0.2) is 0 Å². The van der Waals surface area contributed by atoms with Crippen molar-refractivity contribution in [1.29, 1.82) is 0 Å². The summed E-state index contributed by atoms with van der Waals surface area (Å²) in [5, 5.41) is 21.0. The van der Waals surface area contributed by atoms with Gasteiger partial charge in [0.2, 0.25) is 0 Å². The van der Waals surface area contributed by atoms with E-state index in [1.807, 2.05) is 0 Å². The number of aliphatic hydroxyl groups excluding tert-OH is 2. The van der Waals surface area contributed by atoms with Gasteiger partial charge in [0.1, 0.15) is 5.78 Å². The SMILES string of the molecule is C[C@]12CC[C@H](O)C[C@H]1CC[C@@H]1[C@H]2[C@@H](O)C[C@]2(C)C(=O)CC[C@@H]12. The van der Waals surface area contributed by atoms with Crippen LogP contribution in [0.15, 0.2) is 0 Å². The second-order valence-corrected chi connectivity index (χ2v) is 9.16. The number of hydrogen-bond acceptors (Lipinski definition) is 3. The van der Waals surface area contributed by atoms with E-state index in [1.165, 1.54) is 6.42 Å². The minimum Gasteiger partial charge on any atom is -0.393 e. The lowest BCUT2D eigenvalue weighted by Crippen LogP contribution is -2.59. The maximum Gasteiger partial charge on any atom is 0.139 e. The molecule has 0 spiro atoms. The van der Waals surface area contributed by atoms with Crippen molar-refractivity contribution in [3.8, 4) is 0 Å². The fourth-order valence-corrected chi connectivity index (χ4v) is 7.13. The highest BCUT2D eigenvalue weighted by Gasteiger charge is 2.63. The Morgan fingerprint density at radius 1 is 1.09 bits per heavy atom. The van der Waals surface area contributed by atoms with Gasteiger partial charge in [0.25, 0.3) is 0 Å². The molecular weight excluding hydrogens is 276 g/mol. The molecule has 3 heteroatoms. The zero-order valence-corrected chi connectivity index (χ0v) is 13.9. The van der Waals surface area contributed by atoms with Crippen molar-refractivity contribution in [1.82, 2.24) is 0 Å². The Bertz CT molecular complexity index is 489. The van der Waals surface area contributed by atoms with Gasteiger partial charge in [-0.05, 0) is 74.0 Å². The molecule has 4 saturated carbocycles. The summed E-state index contributed by atoms with van der Waals surface area (Å²) < 4.78 is 0. The van der Waals surface area contributed by atoms with Gasteiger partial charge in [0.15, 0.2) is 0 Å². The third kappa shape index (κ3) is 1.84. The van der Waals surface area contributed by atoms with Gasteiger partial charge in [0.05, 0.1) is 12.2 Å². The van der Waals surface area contributed by atoms with E-state index in [0.717, 1.165) is 38.5 Å². The summed E-state index contributed by atoms with van der Waals surface area (Å²) in [7, 11) is 0. The summed E-state index contributed by atoms with van der Waals surface area (Å²) in [5.41, 5.74) is -0.105. The third-order valence-corrected chi connectivity index (χ3v) is 8.28. The molecule has 3 nitrogen and oxygen atoms in total. The second-order valence-electron chi connectivity index (χ2n) is 9.16. The normalized spacial score (nSPS) is 57.9. The van der Waals surface area contributed by atoms with Gasteiger partial charge in [-0.3, -0.25) is 4.79 Å². The van der Waals surface area contributed by atoms with Crippen LogP contribution in [0, 0.1) is 34.5 Å². The first-order chi connectivity index (χ1) is 10.4. The predicted molar refractivity (Wildman–Crippen MR) is 84.1 cm³/mol. The maximum atomic E-state index is 12.4. The molecule has 0 radical (unpaired) electrons. The molecule has 4 rings (SSSR count). The molecule has 0 aromatic rings. The molecule has 0 bridgehead atoms. The fraction of sp³-hybridized carbons (Fsp3) is 0.947. The molecule has 4 aliphatic rings. The highest BCUT2D eigenvalue weighted by atomic mass is 16.3. The van der Waals surface area contributed by atoms with E-state index < -0.39 is 0 Å². The summed E-state index contributed by atoms with van der Waals surface area (Å²) in [4.78, 5) is 12.4. The number of hydrogen-bond donors (Lipinski definition) is 2. The van der Waals surface area contributed by atoms with Crippen molar-refractivity contribution in [2.24, 2.45) is 34.5 Å². The molecule has 0 aromatic carbocycles. The monoisotopic (exact) mass is 306 g/mol. The molecule has 0 aromatic heterocycles. The van der Waals surface area contributed by atoms with Gasteiger partial charge in [-0.15, -0.1) is 0 Å². The molecule has 0 aliphatic heterocycles. The van der Waals surface area contributed by atoms with Crippen LogP contribution in [-0.4, -0.2) is 28.2 Å². The molecule has 4 aliphatic carbocycles. The Kier molecular flexibility index (Phi) is 3.30. The van der Waals surface area contributed by atoms with Crippen molar-refractivity contribution in [3.63, 3.8) is 0 Å². The van der Waals surface area contributed by atoms with Crippen molar-refractivity contribution < 1.29 is 15.0 Å². The van der Waals surface area contributed by atoms with E-state index >= 15 is 0 Å². The molecule has 4 fully saturated rings. The van der Waals surface area contributed by atoms with Crippen LogP contribution in [0.4, 0.5) is 0 Å². The lowest BCUT2D eigenvalue weighted by Gasteiger charge is -2.61. The second kappa shape index (κ2) is 4.80. The summed E-state index contributed by atoms with van der Waals surface area (Å²) in [6.07, 6.45) is 7.08. The zero-order chi connectivity index (χ0) is 15.7. The minimum atomic E-state index is -0.337. The Balaban J connectivity index is 1.69. The predicted octanol–water partition coefficient (Wildman–Crippen LogP) is 2.93. The number of fused-ring (bicyclic) bond motifs is 5. The summed E-state index contributed by atoms with van der Waals surface area (Å²) in [6, 6.07) is 0. The Hall–Kier alpha value is -0.410. The van der Waals surface area contributed by atoms with Gasteiger partial charge < -0.3 is 10.2 Å². The molecule has 2 N–H and O–H groups in total. The molecule has 0 unspecified atom stereocenters. The fourth-order valence-electron chi connectivity index (χ4n) is 7.13. The molecule has 0 heterocycles. The van der Waals surface area contributed by atoms with Crippen LogP contribution < -0.4 is 0 Å². The van der Waals surface area contributed by atoms with E-state index in [-0.39, 0.29) is 23.0 Å². The summed E-state index contributed by atoms with van der Waals surface area (Å²) in [5.74, 6) is 2.27. The molecule has 8 atom stereocenters. The van der Waals surface area contributed by atoms with Gasteiger partial charge >= 0.3 is 0 Å². The van der Waals surface area contributed by atoms with Crippen LogP contribution in [0.5, 0.6) is 0 Å². The number of Topliss-reactive ketones (excluding diaryl/α,β-unsaturated/α-hetero) is 1. The van der Waals surface area contributed by atoms with E-state index in [4.69, 9.17) is 0 Å². The van der Waals surface area contributed by atoms with Crippen molar-refractivity contribution in [3.05, 3.63) is 0 Å². The Morgan fingerprint density at radius 3 is 2.64 bits per heavy atom. The lowest BCUT2D eigenvalue weighted by atomic mass is 9.44. The number of carbonyl (C=O) groups is 1. The first-order valence-corrected chi connectivity index (χ1v) is 9.25. The topological polar surface area (TPSA) is 57.5 Å². The highest BCUT2D eigenvalue weighted by molar-refractivity contribution is 5.87. The van der Waals surface area contributed by atoms with E-state index in [1.54, 1.807) is 0 Å². The molecule has 124 valence electrons. The summed E-state index contributed by atoms with van der Waals surface area (Å²) >= 11 is 0. The summed E-state index contributed by atoms with van der Waals surface area (Å²) in [6.45, 7) is 4.48. The molecule has 0 saturated heterocycles. The van der Waals surface area contributed by atoms with Crippen LogP contribution in [0.3, 0.4) is 0 Å². The average molecular weight is 306 g/mol. The zero-order valence-electron chi connectivity index (χ0n) is 13.9. The standard InChI is InChI=1S/C19H30O3/c1-18-8-7-12(20)9-11(18)3-4-13-14-5-6-16(22)19(14,2)10-15(21)17(13)18/h11-15,17,20-21H,3-10H2,1-2H3/t11-,12+,13+,14+,15+,17+,18+,19+/m1/s1. The number of rotatable bonds is 0. The molecular formula is C19H30O3. The molecule has 22 heavy (non-hydrogen) atoms. The minimum absolute atomic E-state index is 0.145. The maximum absolute atomic E-state index is 12.4. The van der Waals surface area contributed by atoms with Crippen LogP contribution in [0.1, 0.15) is 65.2 Å². The Labute approximate surface area is 133 Å². The van der Waals surface area contributed by atoms with Crippen molar-refractivity contribution >= 4 is 5.78 Å². The first kappa shape index (κ1) is 15.1. The highest BCUT2D eigenvalue weighted by Crippen LogP contribution is 2.65. The lowest BCUT2D eigenvalue weighted by molar-refractivity contribution is -0.175. The van der Waals surface area contributed by atoms with Crippen LogP contribution in [0.2, 0.25) is 0 Å². The van der Waals surface area contributed by atoms with Crippen molar-refractivity contribution in [2.75, 3.05) is 0 Å². The van der Waals surface area contributed by atoms with Crippen LogP contribution in [-0.2, 0) is 4.79 Å². The van der Waals surface area contributed by atoms with Crippen LogP contribution >= 0.6 is 0 Å². The largest absolute Gasteiger partial charge is 0.393 e. The Morgan fingerprint density at radius 2 is 1.86 bits per heavy atom. The van der Waals surface area contributed by atoms with E-state index in [0.29, 0.717) is 35.9 Å². The van der Waals surface area contributed by atoms with Gasteiger partial charge in [-0.1, -0.05) is 13.8 Å². The molecule has 0 amide bonds. The van der Waals surface area contributed by atoms with Crippen molar-refractivity contribution in [2.45, 2.75) is 77.4 Å². The van der Waals surface area contributed by atoms with E-state index in [2.05, 4.69) is 13.8 Å². The van der Waals surface area contributed by atoms with Gasteiger partial charge in [-0.2, -0.15) is 0 Å².